The predicted molar refractivity (Wildman–Crippen MR) is 76.7 cm³/mol. The van der Waals surface area contributed by atoms with Crippen LogP contribution in [-0.4, -0.2) is 71.1 Å². The van der Waals surface area contributed by atoms with Gasteiger partial charge in [0.2, 0.25) is 5.91 Å². The standard InChI is InChI=1S/C13H24N4O4/c1-3-16(4-2)9-5-6-17(8-9)13(21)15-10(12(19)20)7-11(14)18/h9-10H,3-8H2,1-2H3,(H2,14,18)(H,15,21)(H,19,20)/t9?,10-/m1/s1. The maximum absolute atomic E-state index is 12.1. The number of hydrogen-bond acceptors (Lipinski definition) is 4. The lowest BCUT2D eigenvalue weighted by Crippen LogP contribution is -2.49. The molecule has 0 spiro atoms. The third-order valence-corrected chi connectivity index (χ3v) is 3.78. The Bertz CT molecular complexity index is 398. The lowest BCUT2D eigenvalue weighted by Gasteiger charge is -2.26. The molecule has 21 heavy (non-hydrogen) atoms. The van der Waals surface area contributed by atoms with Gasteiger partial charge in [-0.3, -0.25) is 9.69 Å². The number of carbonyl (C=O) groups is 3. The van der Waals surface area contributed by atoms with E-state index in [0.717, 1.165) is 19.5 Å². The molecule has 2 atom stereocenters. The highest BCUT2D eigenvalue weighted by atomic mass is 16.4. The topological polar surface area (TPSA) is 116 Å². The summed E-state index contributed by atoms with van der Waals surface area (Å²) in [4.78, 5) is 37.7. The zero-order valence-electron chi connectivity index (χ0n) is 12.5. The second-order valence-electron chi connectivity index (χ2n) is 5.12. The van der Waals surface area contributed by atoms with E-state index in [-0.39, 0.29) is 0 Å². The minimum absolute atomic E-state index is 0.296. The van der Waals surface area contributed by atoms with Crippen LogP contribution in [0.5, 0.6) is 0 Å². The summed E-state index contributed by atoms with van der Waals surface area (Å²) in [7, 11) is 0. The van der Waals surface area contributed by atoms with Crippen LogP contribution in [0.2, 0.25) is 0 Å². The molecule has 1 aliphatic heterocycles. The first-order valence-corrected chi connectivity index (χ1v) is 7.19. The van der Waals surface area contributed by atoms with Gasteiger partial charge < -0.3 is 21.1 Å². The number of carboxylic acids is 1. The van der Waals surface area contributed by atoms with Crippen LogP contribution in [0.1, 0.15) is 26.7 Å². The van der Waals surface area contributed by atoms with Gasteiger partial charge in [-0.05, 0) is 19.5 Å². The Morgan fingerprint density at radius 2 is 2.00 bits per heavy atom. The first-order valence-electron chi connectivity index (χ1n) is 7.19. The first kappa shape index (κ1) is 17.2. The maximum Gasteiger partial charge on any atom is 0.326 e. The minimum atomic E-state index is -1.28. The summed E-state index contributed by atoms with van der Waals surface area (Å²) >= 11 is 0. The number of urea groups is 1. The highest BCUT2D eigenvalue weighted by Gasteiger charge is 2.31. The fourth-order valence-corrected chi connectivity index (χ4v) is 2.61. The third kappa shape index (κ3) is 4.89. The fraction of sp³-hybridized carbons (Fsp3) is 0.769. The highest BCUT2D eigenvalue weighted by molar-refractivity contribution is 5.87. The molecule has 1 unspecified atom stereocenters. The molecular weight excluding hydrogens is 276 g/mol. The molecule has 8 nitrogen and oxygen atoms in total. The van der Waals surface area contributed by atoms with Crippen LogP contribution in [0.3, 0.4) is 0 Å². The predicted octanol–water partition coefficient (Wildman–Crippen LogP) is -0.559. The first-order chi connectivity index (χ1) is 9.88. The van der Waals surface area contributed by atoms with Crippen LogP contribution in [0.25, 0.3) is 0 Å². The van der Waals surface area contributed by atoms with Gasteiger partial charge in [-0.1, -0.05) is 13.8 Å². The summed E-state index contributed by atoms with van der Waals surface area (Å²) in [6, 6.07) is -1.44. The van der Waals surface area contributed by atoms with Crippen LogP contribution < -0.4 is 11.1 Å². The lowest BCUT2D eigenvalue weighted by atomic mass is 10.2. The Kier molecular flexibility index (Phi) is 6.41. The molecule has 4 N–H and O–H groups in total. The molecule has 0 radical (unpaired) electrons. The average Bonchev–Trinajstić information content (AvgIpc) is 2.88. The van der Waals surface area contributed by atoms with E-state index in [0.29, 0.717) is 19.1 Å². The van der Waals surface area contributed by atoms with Crippen molar-refractivity contribution in [3.05, 3.63) is 0 Å². The van der Waals surface area contributed by atoms with Crippen LogP contribution in [-0.2, 0) is 9.59 Å². The number of primary amides is 1. The van der Waals surface area contributed by atoms with E-state index in [4.69, 9.17) is 10.8 Å². The molecule has 1 rings (SSSR count). The van der Waals surface area contributed by atoms with Gasteiger partial charge in [-0.15, -0.1) is 0 Å². The van der Waals surface area contributed by atoms with Crippen molar-refractivity contribution in [3.8, 4) is 0 Å². The largest absolute Gasteiger partial charge is 0.480 e. The molecule has 0 aromatic heterocycles. The van der Waals surface area contributed by atoms with Gasteiger partial charge in [0, 0.05) is 19.1 Å². The number of hydrogen-bond donors (Lipinski definition) is 3. The normalized spacial score (nSPS) is 19.6. The van der Waals surface area contributed by atoms with Crippen molar-refractivity contribution in [1.82, 2.24) is 15.1 Å². The van der Waals surface area contributed by atoms with E-state index in [9.17, 15) is 14.4 Å². The van der Waals surface area contributed by atoms with Gasteiger partial charge in [0.1, 0.15) is 6.04 Å². The van der Waals surface area contributed by atoms with E-state index < -0.39 is 30.4 Å². The molecule has 8 heteroatoms. The zero-order chi connectivity index (χ0) is 16.0. The number of carbonyl (C=O) groups excluding carboxylic acids is 2. The number of aliphatic carboxylic acids is 1. The molecule has 1 heterocycles. The molecule has 1 fully saturated rings. The van der Waals surface area contributed by atoms with Crippen molar-refractivity contribution in [3.63, 3.8) is 0 Å². The molecule has 1 aliphatic rings. The Labute approximate surface area is 124 Å². The Morgan fingerprint density at radius 3 is 2.48 bits per heavy atom. The average molecular weight is 300 g/mol. The van der Waals surface area contributed by atoms with E-state index in [2.05, 4.69) is 24.1 Å². The van der Waals surface area contributed by atoms with E-state index in [1.165, 1.54) is 0 Å². The smallest absolute Gasteiger partial charge is 0.326 e. The Hall–Kier alpha value is -1.83. The zero-order valence-corrected chi connectivity index (χ0v) is 12.5. The maximum atomic E-state index is 12.1. The third-order valence-electron chi connectivity index (χ3n) is 3.78. The molecule has 120 valence electrons. The number of nitrogens with zero attached hydrogens (tertiary/aromatic N) is 2. The number of nitrogens with two attached hydrogens (primary N) is 1. The number of likely N-dealkylation sites (tertiary alicyclic amines) is 1. The number of carboxylic acid groups (broad SMARTS) is 1. The Morgan fingerprint density at radius 1 is 1.38 bits per heavy atom. The molecular formula is C13H24N4O4. The lowest BCUT2D eigenvalue weighted by molar-refractivity contribution is -0.140. The summed E-state index contributed by atoms with van der Waals surface area (Å²) in [5.41, 5.74) is 4.98. The van der Waals surface area contributed by atoms with Gasteiger partial charge in [0.15, 0.2) is 0 Å². The van der Waals surface area contributed by atoms with Gasteiger partial charge in [-0.2, -0.15) is 0 Å². The molecule has 0 bridgehead atoms. The van der Waals surface area contributed by atoms with Crippen LogP contribution in [0.4, 0.5) is 4.79 Å². The van der Waals surface area contributed by atoms with Crippen molar-refractivity contribution < 1.29 is 19.5 Å². The van der Waals surface area contributed by atoms with Gasteiger partial charge in [0.25, 0.3) is 0 Å². The van der Waals surface area contributed by atoms with Crippen LogP contribution in [0, 0.1) is 0 Å². The quantitative estimate of drug-likeness (QED) is 0.583. The van der Waals surface area contributed by atoms with Crippen molar-refractivity contribution >= 4 is 17.9 Å². The number of rotatable bonds is 7. The molecule has 3 amide bonds. The second-order valence-corrected chi connectivity index (χ2v) is 5.12. The summed E-state index contributed by atoms with van der Waals surface area (Å²) in [6.07, 6.45) is 0.455. The second kappa shape index (κ2) is 7.82. The van der Waals surface area contributed by atoms with Crippen molar-refractivity contribution in [2.45, 2.75) is 38.8 Å². The molecule has 0 aromatic rings. The van der Waals surface area contributed by atoms with Gasteiger partial charge in [-0.25, -0.2) is 9.59 Å². The van der Waals surface area contributed by atoms with Gasteiger partial charge in [0.05, 0.1) is 6.42 Å². The SMILES string of the molecule is CCN(CC)C1CCN(C(=O)N[C@H](CC(N)=O)C(=O)O)C1. The van der Waals surface area contributed by atoms with E-state index >= 15 is 0 Å². The fourth-order valence-electron chi connectivity index (χ4n) is 2.61. The van der Waals surface area contributed by atoms with Crippen molar-refractivity contribution in [2.75, 3.05) is 26.2 Å². The van der Waals surface area contributed by atoms with E-state index in [1.54, 1.807) is 4.90 Å². The summed E-state index contributed by atoms with van der Waals surface area (Å²) in [6.45, 7) is 7.11. The van der Waals surface area contributed by atoms with Crippen molar-refractivity contribution in [2.24, 2.45) is 5.73 Å². The summed E-state index contributed by atoms with van der Waals surface area (Å²) in [5, 5.41) is 11.3. The molecule has 1 saturated heterocycles. The van der Waals surface area contributed by atoms with Gasteiger partial charge >= 0.3 is 12.0 Å². The number of nitrogens with one attached hydrogen (secondary N) is 1. The number of amides is 3. The van der Waals surface area contributed by atoms with Crippen LogP contribution >= 0.6 is 0 Å². The van der Waals surface area contributed by atoms with Crippen LogP contribution in [0.15, 0.2) is 0 Å². The monoisotopic (exact) mass is 300 g/mol. The Balaban J connectivity index is 2.56. The molecule has 0 saturated carbocycles. The van der Waals surface area contributed by atoms with E-state index in [1.807, 2.05) is 0 Å². The number of likely N-dealkylation sites (N-methyl/N-ethyl adjacent to an activating group) is 1. The molecule has 0 aromatic carbocycles. The summed E-state index contributed by atoms with van der Waals surface area (Å²) < 4.78 is 0. The highest BCUT2D eigenvalue weighted by Crippen LogP contribution is 2.15. The summed E-state index contributed by atoms with van der Waals surface area (Å²) in [5.74, 6) is -2.02. The molecule has 0 aliphatic carbocycles. The van der Waals surface area contributed by atoms with Crippen molar-refractivity contribution in [1.29, 1.82) is 0 Å². The minimum Gasteiger partial charge on any atom is -0.480 e.